The minimum absolute atomic E-state index is 0.0336. The van der Waals surface area contributed by atoms with Crippen molar-refractivity contribution in [3.8, 4) is 28.6 Å². The molecule has 0 saturated carbocycles. The molecular weight excluding hydrogens is 398 g/mol. The number of anilines is 1. The van der Waals surface area contributed by atoms with Crippen LogP contribution in [0.25, 0.3) is 11.4 Å². The van der Waals surface area contributed by atoms with E-state index in [1.165, 1.54) is 0 Å². The summed E-state index contributed by atoms with van der Waals surface area (Å²) >= 11 is 0. The zero-order valence-corrected chi connectivity index (χ0v) is 17.8. The molecule has 0 spiro atoms. The number of methoxy groups -OCH3 is 2. The van der Waals surface area contributed by atoms with Crippen molar-refractivity contribution in [1.82, 2.24) is 10.1 Å². The molecule has 1 atom stereocenters. The summed E-state index contributed by atoms with van der Waals surface area (Å²) in [5.41, 5.74) is 1.49. The maximum atomic E-state index is 12.8. The molecule has 1 aromatic heterocycles. The molecular formula is C23H25N3O5. The highest BCUT2D eigenvalue weighted by Crippen LogP contribution is 2.38. The topological polar surface area (TPSA) is 86.9 Å². The number of carbonyl (C=O) groups excluding carboxylic acids is 1. The van der Waals surface area contributed by atoms with Gasteiger partial charge in [-0.3, -0.25) is 4.79 Å². The predicted octanol–water partition coefficient (Wildman–Crippen LogP) is 4.06. The summed E-state index contributed by atoms with van der Waals surface area (Å²) in [6, 6.07) is 12.9. The van der Waals surface area contributed by atoms with Crippen LogP contribution in [0.15, 0.2) is 47.0 Å². The van der Waals surface area contributed by atoms with E-state index in [2.05, 4.69) is 17.1 Å². The van der Waals surface area contributed by atoms with E-state index >= 15 is 0 Å². The van der Waals surface area contributed by atoms with Gasteiger partial charge in [0.1, 0.15) is 17.2 Å². The minimum atomic E-state index is -0.197. The third-order valence-electron chi connectivity index (χ3n) is 5.18. The van der Waals surface area contributed by atoms with Crippen LogP contribution < -0.4 is 19.1 Å². The molecule has 162 valence electrons. The maximum Gasteiger partial charge on any atom is 0.232 e. The second kappa shape index (κ2) is 9.07. The molecule has 1 saturated heterocycles. The second-order valence-corrected chi connectivity index (χ2v) is 7.27. The van der Waals surface area contributed by atoms with Gasteiger partial charge in [-0.15, -0.1) is 0 Å². The third kappa shape index (κ3) is 4.33. The van der Waals surface area contributed by atoms with Crippen LogP contribution in [0, 0.1) is 0 Å². The van der Waals surface area contributed by atoms with E-state index in [0.29, 0.717) is 42.1 Å². The van der Waals surface area contributed by atoms with Crippen molar-refractivity contribution in [3.63, 3.8) is 0 Å². The first kappa shape index (κ1) is 20.7. The lowest BCUT2D eigenvalue weighted by Gasteiger charge is -2.20. The first-order valence-corrected chi connectivity index (χ1v) is 10.2. The van der Waals surface area contributed by atoms with Crippen molar-refractivity contribution in [2.45, 2.75) is 25.7 Å². The smallest absolute Gasteiger partial charge is 0.232 e. The van der Waals surface area contributed by atoms with Gasteiger partial charge in [-0.1, -0.05) is 12.1 Å². The van der Waals surface area contributed by atoms with Gasteiger partial charge in [-0.05, 0) is 42.8 Å². The normalized spacial score (nSPS) is 15.9. The molecule has 2 aromatic carbocycles. The number of rotatable bonds is 8. The summed E-state index contributed by atoms with van der Waals surface area (Å²) in [6.07, 6.45) is 1.24. The first-order valence-electron chi connectivity index (χ1n) is 10.2. The Balaban J connectivity index is 1.51. The summed E-state index contributed by atoms with van der Waals surface area (Å²) in [7, 11) is 3.16. The van der Waals surface area contributed by atoms with Crippen molar-refractivity contribution in [2.75, 3.05) is 32.3 Å². The van der Waals surface area contributed by atoms with E-state index in [1.807, 2.05) is 24.3 Å². The average molecular weight is 423 g/mol. The maximum absolute atomic E-state index is 12.8. The monoisotopic (exact) mass is 423 g/mol. The van der Waals surface area contributed by atoms with E-state index in [4.69, 9.17) is 18.7 Å². The largest absolute Gasteiger partial charge is 0.497 e. The van der Waals surface area contributed by atoms with Gasteiger partial charge in [0.15, 0.2) is 0 Å². The number of aromatic nitrogens is 2. The second-order valence-electron chi connectivity index (χ2n) is 7.27. The summed E-state index contributed by atoms with van der Waals surface area (Å²) in [5, 5.41) is 4.11. The van der Waals surface area contributed by atoms with E-state index in [0.717, 1.165) is 17.7 Å². The van der Waals surface area contributed by atoms with Crippen LogP contribution in [0.5, 0.6) is 17.2 Å². The van der Waals surface area contributed by atoms with Crippen LogP contribution in [-0.2, 0) is 4.79 Å². The van der Waals surface area contributed by atoms with Crippen LogP contribution in [0.1, 0.15) is 31.6 Å². The van der Waals surface area contributed by atoms with Gasteiger partial charge in [0.25, 0.3) is 0 Å². The van der Waals surface area contributed by atoms with Gasteiger partial charge < -0.3 is 23.6 Å². The fourth-order valence-corrected chi connectivity index (χ4v) is 3.55. The Bertz CT molecular complexity index is 1050. The molecule has 2 heterocycles. The van der Waals surface area contributed by atoms with Crippen LogP contribution in [0.4, 0.5) is 5.69 Å². The SMILES string of the molecule is CCCOc1ccc(-c2noc(C3CC(=O)N(c4cc(OC)ccc4OC)C3)n2)cc1. The molecule has 8 heteroatoms. The summed E-state index contributed by atoms with van der Waals surface area (Å²) in [4.78, 5) is 19.0. The zero-order chi connectivity index (χ0) is 21.8. The standard InChI is InChI=1S/C23H25N3O5/c1-4-11-30-17-7-5-15(6-8-17)22-24-23(31-25-22)16-12-21(27)26(14-16)19-13-18(28-2)9-10-20(19)29-3/h5-10,13,16H,4,11-12,14H2,1-3H3. The van der Waals surface area contributed by atoms with Crippen LogP contribution in [0.2, 0.25) is 0 Å². The lowest BCUT2D eigenvalue weighted by molar-refractivity contribution is -0.117. The number of nitrogens with zero attached hydrogens (tertiary/aromatic N) is 3. The molecule has 31 heavy (non-hydrogen) atoms. The van der Waals surface area contributed by atoms with Crippen LogP contribution in [0.3, 0.4) is 0 Å². The first-order chi connectivity index (χ1) is 15.1. The summed E-state index contributed by atoms with van der Waals surface area (Å²) in [6.45, 7) is 3.16. The van der Waals surface area contributed by atoms with E-state index in [9.17, 15) is 4.79 Å². The van der Waals surface area contributed by atoms with Gasteiger partial charge in [-0.25, -0.2) is 0 Å². The summed E-state index contributed by atoms with van der Waals surface area (Å²) < 4.78 is 21.8. The fraction of sp³-hybridized carbons (Fsp3) is 0.348. The number of ether oxygens (including phenoxy) is 3. The number of hydrogen-bond acceptors (Lipinski definition) is 7. The van der Waals surface area contributed by atoms with E-state index in [-0.39, 0.29) is 18.2 Å². The molecule has 0 N–H and O–H groups in total. The molecule has 1 aliphatic rings. The van der Waals surface area contributed by atoms with Crippen LogP contribution in [-0.4, -0.2) is 43.4 Å². The molecule has 8 nitrogen and oxygen atoms in total. The molecule has 1 amide bonds. The number of amides is 1. The number of benzene rings is 2. The quantitative estimate of drug-likeness (QED) is 0.540. The average Bonchev–Trinajstić information content (AvgIpc) is 3.44. The molecule has 1 aliphatic heterocycles. The van der Waals surface area contributed by atoms with Gasteiger partial charge >= 0.3 is 0 Å². The number of carbonyl (C=O) groups is 1. The van der Waals surface area contributed by atoms with Crippen molar-refractivity contribution in [1.29, 1.82) is 0 Å². The van der Waals surface area contributed by atoms with Gasteiger partial charge in [0.05, 0.1) is 32.4 Å². The Labute approximate surface area is 180 Å². The Morgan fingerprint density at radius 2 is 1.87 bits per heavy atom. The molecule has 0 aliphatic carbocycles. The Morgan fingerprint density at radius 1 is 1.10 bits per heavy atom. The van der Waals surface area contributed by atoms with E-state index < -0.39 is 0 Å². The van der Waals surface area contributed by atoms with Crippen LogP contribution >= 0.6 is 0 Å². The van der Waals surface area contributed by atoms with Gasteiger partial charge in [0, 0.05) is 24.6 Å². The zero-order valence-electron chi connectivity index (χ0n) is 17.8. The molecule has 3 aromatic rings. The predicted molar refractivity (Wildman–Crippen MR) is 115 cm³/mol. The Kier molecular flexibility index (Phi) is 6.06. The highest BCUT2D eigenvalue weighted by Gasteiger charge is 2.36. The molecule has 0 bridgehead atoms. The molecule has 0 radical (unpaired) electrons. The summed E-state index contributed by atoms with van der Waals surface area (Å²) in [5.74, 6) is 2.76. The highest BCUT2D eigenvalue weighted by atomic mass is 16.5. The highest BCUT2D eigenvalue weighted by molar-refractivity contribution is 5.98. The molecule has 4 rings (SSSR count). The number of hydrogen-bond donors (Lipinski definition) is 0. The molecule has 1 unspecified atom stereocenters. The van der Waals surface area contributed by atoms with E-state index in [1.54, 1.807) is 37.3 Å². The Hall–Kier alpha value is -3.55. The lowest BCUT2D eigenvalue weighted by Crippen LogP contribution is -2.24. The van der Waals surface area contributed by atoms with Gasteiger partial charge in [-0.2, -0.15) is 4.98 Å². The van der Waals surface area contributed by atoms with Crippen molar-refractivity contribution >= 4 is 11.6 Å². The van der Waals surface area contributed by atoms with Gasteiger partial charge in [0.2, 0.25) is 17.6 Å². The van der Waals surface area contributed by atoms with Crippen molar-refractivity contribution < 1.29 is 23.5 Å². The lowest BCUT2D eigenvalue weighted by atomic mass is 10.1. The third-order valence-corrected chi connectivity index (χ3v) is 5.18. The van der Waals surface area contributed by atoms with Crippen molar-refractivity contribution in [3.05, 3.63) is 48.4 Å². The minimum Gasteiger partial charge on any atom is -0.497 e. The molecule has 1 fully saturated rings. The fourth-order valence-electron chi connectivity index (χ4n) is 3.55. The Morgan fingerprint density at radius 3 is 2.58 bits per heavy atom. The van der Waals surface area contributed by atoms with Crippen molar-refractivity contribution in [2.24, 2.45) is 0 Å².